The third-order valence-electron chi connectivity index (χ3n) is 2.52. The molecule has 0 aromatic heterocycles. The standard InChI is InChI=1S/C13H16O4/c1-2-9(4-6-13(16)17)10-3-5-12(15)11(7-10)8-14/h3-5,7,14-15H,2,6,8H2,1H3,(H,16,17)/b9-4+. The number of aliphatic hydroxyl groups excluding tert-OH is 1. The topological polar surface area (TPSA) is 77.8 Å². The Morgan fingerprint density at radius 3 is 2.65 bits per heavy atom. The number of allylic oxidation sites excluding steroid dienone is 1. The van der Waals surface area contributed by atoms with E-state index in [9.17, 15) is 9.90 Å². The number of hydrogen-bond acceptors (Lipinski definition) is 3. The fourth-order valence-electron chi connectivity index (χ4n) is 1.59. The maximum atomic E-state index is 10.5. The van der Waals surface area contributed by atoms with E-state index in [-0.39, 0.29) is 18.8 Å². The summed E-state index contributed by atoms with van der Waals surface area (Å²) in [5.74, 6) is -0.831. The van der Waals surface area contributed by atoms with Crippen LogP contribution in [0.2, 0.25) is 0 Å². The highest BCUT2D eigenvalue weighted by Gasteiger charge is 2.05. The number of hydrogen-bond donors (Lipinski definition) is 3. The van der Waals surface area contributed by atoms with Crippen LogP contribution in [-0.2, 0) is 11.4 Å². The Balaban J connectivity index is 3.03. The summed E-state index contributed by atoms with van der Waals surface area (Å²) in [6.45, 7) is 1.69. The zero-order valence-electron chi connectivity index (χ0n) is 9.68. The van der Waals surface area contributed by atoms with Crippen LogP contribution in [0.15, 0.2) is 24.3 Å². The number of benzene rings is 1. The van der Waals surface area contributed by atoms with E-state index in [2.05, 4.69) is 0 Å². The number of carbonyl (C=O) groups is 1. The van der Waals surface area contributed by atoms with E-state index < -0.39 is 5.97 Å². The van der Waals surface area contributed by atoms with Crippen LogP contribution in [0, 0.1) is 0 Å². The van der Waals surface area contributed by atoms with Gasteiger partial charge in [0, 0.05) is 5.56 Å². The second-order valence-corrected chi connectivity index (χ2v) is 3.68. The van der Waals surface area contributed by atoms with Crippen molar-refractivity contribution < 1.29 is 20.1 Å². The minimum Gasteiger partial charge on any atom is -0.508 e. The first-order valence-electron chi connectivity index (χ1n) is 5.42. The Kier molecular flexibility index (Phi) is 4.72. The van der Waals surface area contributed by atoms with Crippen molar-refractivity contribution in [2.24, 2.45) is 0 Å². The Morgan fingerprint density at radius 1 is 1.41 bits per heavy atom. The second-order valence-electron chi connectivity index (χ2n) is 3.68. The van der Waals surface area contributed by atoms with E-state index in [0.29, 0.717) is 12.0 Å². The van der Waals surface area contributed by atoms with Crippen molar-refractivity contribution >= 4 is 11.5 Å². The molecule has 4 nitrogen and oxygen atoms in total. The summed E-state index contributed by atoms with van der Waals surface area (Å²) in [5, 5.41) is 27.1. The van der Waals surface area contributed by atoms with Crippen LogP contribution >= 0.6 is 0 Å². The van der Waals surface area contributed by atoms with Crippen LogP contribution in [0.3, 0.4) is 0 Å². The number of phenols is 1. The summed E-state index contributed by atoms with van der Waals surface area (Å²) >= 11 is 0. The lowest BCUT2D eigenvalue weighted by molar-refractivity contribution is -0.135. The lowest BCUT2D eigenvalue weighted by Crippen LogP contribution is -1.93. The molecule has 92 valence electrons. The molecule has 0 bridgehead atoms. The van der Waals surface area contributed by atoms with E-state index in [4.69, 9.17) is 10.2 Å². The molecule has 1 rings (SSSR count). The highest BCUT2D eigenvalue weighted by atomic mass is 16.4. The first-order chi connectivity index (χ1) is 8.08. The van der Waals surface area contributed by atoms with Gasteiger partial charge in [-0.25, -0.2) is 0 Å². The van der Waals surface area contributed by atoms with Crippen LogP contribution in [0.5, 0.6) is 5.75 Å². The van der Waals surface area contributed by atoms with Crippen LogP contribution in [-0.4, -0.2) is 21.3 Å². The number of aliphatic carboxylic acids is 1. The molecule has 3 N–H and O–H groups in total. The molecule has 0 radical (unpaired) electrons. The molecular formula is C13H16O4. The van der Waals surface area contributed by atoms with Crippen LogP contribution in [0.1, 0.15) is 30.9 Å². The number of carboxylic acids is 1. The molecule has 0 aliphatic carbocycles. The molecule has 0 heterocycles. The van der Waals surface area contributed by atoms with Gasteiger partial charge in [-0.15, -0.1) is 0 Å². The smallest absolute Gasteiger partial charge is 0.307 e. The summed E-state index contributed by atoms with van der Waals surface area (Å²) in [6, 6.07) is 4.89. The number of rotatable bonds is 5. The van der Waals surface area contributed by atoms with Crippen molar-refractivity contribution in [3.8, 4) is 5.75 Å². The molecule has 17 heavy (non-hydrogen) atoms. The molecule has 4 heteroatoms. The molecule has 0 saturated heterocycles. The van der Waals surface area contributed by atoms with Gasteiger partial charge < -0.3 is 15.3 Å². The third kappa shape index (κ3) is 3.60. The molecule has 0 amide bonds. The van der Waals surface area contributed by atoms with Gasteiger partial charge in [-0.1, -0.05) is 19.1 Å². The molecule has 1 aromatic carbocycles. The van der Waals surface area contributed by atoms with Gasteiger partial charge in [-0.3, -0.25) is 4.79 Å². The summed E-state index contributed by atoms with van der Waals surface area (Å²) in [4.78, 5) is 10.5. The van der Waals surface area contributed by atoms with Gasteiger partial charge in [0.2, 0.25) is 0 Å². The summed E-state index contributed by atoms with van der Waals surface area (Å²) in [5.41, 5.74) is 2.16. The fourth-order valence-corrected chi connectivity index (χ4v) is 1.59. The minimum atomic E-state index is -0.878. The van der Waals surface area contributed by atoms with Crippen molar-refractivity contribution in [1.82, 2.24) is 0 Å². The molecule has 0 aliphatic heterocycles. The van der Waals surface area contributed by atoms with E-state index in [1.165, 1.54) is 6.07 Å². The molecule has 0 spiro atoms. The van der Waals surface area contributed by atoms with Crippen molar-refractivity contribution in [3.05, 3.63) is 35.4 Å². The molecule has 0 fully saturated rings. The zero-order valence-corrected chi connectivity index (χ0v) is 9.68. The SMILES string of the molecule is CC/C(=C\CC(=O)O)c1ccc(O)c(CO)c1. The minimum absolute atomic E-state index is 0.0293. The van der Waals surface area contributed by atoms with Crippen LogP contribution < -0.4 is 0 Å². The van der Waals surface area contributed by atoms with Crippen molar-refractivity contribution in [2.75, 3.05) is 0 Å². The number of aliphatic hydroxyl groups is 1. The number of aromatic hydroxyl groups is 1. The monoisotopic (exact) mass is 236 g/mol. The average molecular weight is 236 g/mol. The maximum absolute atomic E-state index is 10.5. The van der Waals surface area contributed by atoms with Gasteiger partial charge in [0.05, 0.1) is 13.0 Å². The van der Waals surface area contributed by atoms with Crippen molar-refractivity contribution in [1.29, 1.82) is 0 Å². The van der Waals surface area contributed by atoms with E-state index in [1.807, 2.05) is 6.92 Å². The predicted octanol–water partition coefficient (Wildman–Crippen LogP) is 2.15. The molecular weight excluding hydrogens is 220 g/mol. The Labute approximate surface area is 99.8 Å². The highest BCUT2D eigenvalue weighted by Crippen LogP contribution is 2.25. The van der Waals surface area contributed by atoms with E-state index in [1.54, 1.807) is 18.2 Å². The Morgan fingerprint density at radius 2 is 2.12 bits per heavy atom. The third-order valence-corrected chi connectivity index (χ3v) is 2.52. The lowest BCUT2D eigenvalue weighted by Gasteiger charge is -2.08. The van der Waals surface area contributed by atoms with E-state index in [0.717, 1.165) is 11.1 Å². The lowest BCUT2D eigenvalue weighted by atomic mass is 10.00. The van der Waals surface area contributed by atoms with E-state index >= 15 is 0 Å². The van der Waals surface area contributed by atoms with Gasteiger partial charge in [-0.05, 0) is 29.7 Å². The van der Waals surface area contributed by atoms with Crippen molar-refractivity contribution in [3.63, 3.8) is 0 Å². The Hall–Kier alpha value is -1.81. The molecule has 1 aromatic rings. The van der Waals surface area contributed by atoms with Gasteiger partial charge in [0.25, 0.3) is 0 Å². The molecule has 0 aliphatic rings. The first-order valence-corrected chi connectivity index (χ1v) is 5.42. The Bertz CT molecular complexity index is 435. The van der Waals surface area contributed by atoms with Gasteiger partial charge in [0.1, 0.15) is 5.75 Å². The normalized spacial score (nSPS) is 11.5. The first kappa shape index (κ1) is 13.3. The summed E-state index contributed by atoms with van der Waals surface area (Å²) < 4.78 is 0. The quantitative estimate of drug-likeness (QED) is 0.732. The number of carboxylic acid groups (broad SMARTS) is 1. The second kappa shape index (κ2) is 6.06. The van der Waals surface area contributed by atoms with Crippen LogP contribution in [0.25, 0.3) is 5.57 Å². The summed E-state index contributed by atoms with van der Waals surface area (Å²) in [7, 11) is 0. The average Bonchev–Trinajstić information content (AvgIpc) is 2.31. The molecule has 0 atom stereocenters. The molecule has 0 unspecified atom stereocenters. The predicted molar refractivity (Wildman–Crippen MR) is 64.6 cm³/mol. The van der Waals surface area contributed by atoms with Gasteiger partial charge >= 0.3 is 5.97 Å². The molecule has 0 saturated carbocycles. The van der Waals surface area contributed by atoms with Crippen LogP contribution in [0.4, 0.5) is 0 Å². The highest BCUT2D eigenvalue weighted by molar-refractivity contribution is 5.74. The maximum Gasteiger partial charge on any atom is 0.307 e. The largest absolute Gasteiger partial charge is 0.508 e. The van der Waals surface area contributed by atoms with Gasteiger partial charge in [-0.2, -0.15) is 0 Å². The van der Waals surface area contributed by atoms with Gasteiger partial charge in [0.15, 0.2) is 0 Å². The zero-order chi connectivity index (χ0) is 12.8. The van der Waals surface area contributed by atoms with Crippen molar-refractivity contribution in [2.45, 2.75) is 26.4 Å². The fraction of sp³-hybridized carbons (Fsp3) is 0.308. The summed E-state index contributed by atoms with van der Waals surface area (Å²) in [6.07, 6.45) is 2.32.